The fourth-order valence-corrected chi connectivity index (χ4v) is 3.84. The van der Waals surface area contributed by atoms with Gasteiger partial charge < -0.3 is 9.64 Å². The lowest BCUT2D eigenvalue weighted by atomic mass is 9.79. The number of carbonyl (C=O) groups is 2. The van der Waals surface area contributed by atoms with E-state index in [4.69, 9.17) is 4.74 Å². The van der Waals surface area contributed by atoms with Gasteiger partial charge in [-0.15, -0.1) is 0 Å². The second-order valence-corrected chi connectivity index (χ2v) is 6.50. The molecule has 0 saturated carbocycles. The van der Waals surface area contributed by atoms with Gasteiger partial charge in [0.25, 0.3) is 5.91 Å². The highest BCUT2D eigenvalue weighted by molar-refractivity contribution is 6.05. The average Bonchev–Trinajstić information content (AvgIpc) is 2.95. The smallest absolute Gasteiger partial charge is 0.317 e. The van der Waals surface area contributed by atoms with Gasteiger partial charge in [0, 0.05) is 18.7 Å². The summed E-state index contributed by atoms with van der Waals surface area (Å²) in [6.45, 7) is 1.13. The normalized spacial score (nSPS) is 18.8. The number of esters is 1. The first-order valence-electron chi connectivity index (χ1n) is 8.39. The van der Waals surface area contributed by atoms with Gasteiger partial charge in [0.2, 0.25) is 0 Å². The number of amides is 1. The third kappa shape index (κ3) is 2.64. The Morgan fingerprint density at radius 3 is 2.60 bits per heavy atom. The molecule has 126 valence electrons. The minimum atomic E-state index is -0.613. The summed E-state index contributed by atoms with van der Waals surface area (Å²) < 4.78 is 5.01. The lowest BCUT2D eigenvalue weighted by Gasteiger charge is -2.24. The van der Waals surface area contributed by atoms with Gasteiger partial charge in [-0.2, -0.15) is 0 Å². The fraction of sp³-hybridized carbons (Fsp3) is 0.238. The minimum absolute atomic E-state index is 0.0521. The van der Waals surface area contributed by atoms with E-state index >= 15 is 0 Å². The van der Waals surface area contributed by atoms with Crippen LogP contribution in [0, 0.1) is 0 Å². The molecule has 2 aromatic carbocycles. The maximum atomic E-state index is 13.0. The van der Waals surface area contributed by atoms with E-state index in [2.05, 4.69) is 0 Å². The van der Waals surface area contributed by atoms with Crippen molar-refractivity contribution in [1.82, 2.24) is 4.90 Å². The molecule has 2 aromatic rings. The third-order valence-corrected chi connectivity index (χ3v) is 4.99. The Bertz CT molecular complexity index is 870. The summed E-state index contributed by atoms with van der Waals surface area (Å²) in [5.41, 5.74) is 4.73. The predicted octanol–water partition coefficient (Wildman–Crippen LogP) is 2.84. The van der Waals surface area contributed by atoms with E-state index in [-0.39, 0.29) is 11.9 Å². The van der Waals surface area contributed by atoms with Crippen molar-refractivity contribution in [2.45, 2.75) is 18.9 Å². The summed E-state index contributed by atoms with van der Waals surface area (Å²) >= 11 is 0. The third-order valence-electron chi connectivity index (χ3n) is 4.99. The molecule has 1 heterocycles. The minimum Gasteiger partial charge on any atom is -0.468 e. The Hall–Kier alpha value is -2.88. The number of nitrogens with zero attached hydrogens (tertiary/aromatic N) is 1. The standard InChI is InChI=1S/C21H19NO3/c1-25-21(24)19-17-10-6-5-9-15(17)11-16-13-22(20(23)18(16)19)12-14-7-3-2-4-8-14/h2-10,19H,11-13H2,1H3. The lowest BCUT2D eigenvalue weighted by Crippen LogP contribution is -2.30. The Kier molecular flexibility index (Phi) is 3.88. The van der Waals surface area contributed by atoms with Crippen LogP contribution in [0.4, 0.5) is 0 Å². The molecule has 4 nitrogen and oxygen atoms in total. The molecule has 0 spiro atoms. The predicted molar refractivity (Wildman–Crippen MR) is 93.8 cm³/mol. The number of hydrogen-bond donors (Lipinski definition) is 0. The highest BCUT2D eigenvalue weighted by Crippen LogP contribution is 2.41. The van der Waals surface area contributed by atoms with Crippen LogP contribution in [0.2, 0.25) is 0 Å². The Balaban J connectivity index is 1.69. The molecule has 0 N–H and O–H groups in total. The first kappa shape index (κ1) is 15.6. The van der Waals surface area contributed by atoms with E-state index in [9.17, 15) is 9.59 Å². The first-order valence-corrected chi connectivity index (χ1v) is 8.39. The highest BCUT2D eigenvalue weighted by atomic mass is 16.5. The molecule has 1 unspecified atom stereocenters. The summed E-state index contributed by atoms with van der Waals surface area (Å²) in [4.78, 5) is 27.3. The molecule has 1 atom stereocenters. The monoisotopic (exact) mass is 333 g/mol. The van der Waals surface area contributed by atoms with Gasteiger partial charge in [0.05, 0.1) is 7.11 Å². The summed E-state index contributed by atoms with van der Waals surface area (Å²) in [5, 5.41) is 0. The van der Waals surface area contributed by atoms with Crippen LogP contribution >= 0.6 is 0 Å². The maximum Gasteiger partial charge on any atom is 0.317 e. The van der Waals surface area contributed by atoms with E-state index in [1.165, 1.54) is 7.11 Å². The van der Waals surface area contributed by atoms with Crippen molar-refractivity contribution in [1.29, 1.82) is 0 Å². The molecule has 1 amide bonds. The molecular weight excluding hydrogens is 314 g/mol. The largest absolute Gasteiger partial charge is 0.468 e. The fourth-order valence-electron chi connectivity index (χ4n) is 3.84. The molecule has 4 rings (SSSR count). The van der Waals surface area contributed by atoms with Gasteiger partial charge in [-0.3, -0.25) is 9.59 Å². The van der Waals surface area contributed by atoms with Crippen LogP contribution < -0.4 is 0 Å². The first-order chi connectivity index (χ1) is 12.2. The summed E-state index contributed by atoms with van der Waals surface area (Å²) in [5.74, 6) is -1.03. The van der Waals surface area contributed by atoms with Gasteiger partial charge in [0.1, 0.15) is 5.92 Å². The number of fused-ring (bicyclic) bond motifs is 1. The van der Waals surface area contributed by atoms with E-state index in [0.717, 1.165) is 28.7 Å². The number of methoxy groups -OCH3 is 1. The van der Waals surface area contributed by atoms with E-state index in [1.807, 2.05) is 59.5 Å². The zero-order chi connectivity index (χ0) is 17.4. The molecule has 4 heteroatoms. The van der Waals surface area contributed by atoms with Crippen molar-refractivity contribution < 1.29 is 14.3 Å². The lowest BCUT2D eigenvalue weighted by molar-refractivity contribution is -0.142. The van der Waals surface area contributed by atoms with Crippen LogP contribution in [0.25, 0.3) is 0 Å². The number of benzene rings is 2. The SMILES string of the molecule is COC(=O)C1C2=C(Cc3ccccc31)CN(Cc1ccccc1)C2=O. The van der Waals surface area contributed by atoms with Crippen molar-refractivity contribution >= 4 is 11.9 Å². The number of rotatable bonds is 3. The molecule has 1 aliphatic carbocycles. The van der Waals surface area contributed by atoms with Gasteiger partial charge in [-0.1, -0.05) is 54.6 Å². The van der Waals surface area contributed by atoms with Crippen LogP contribution in [0.5, 0.6) is 0 Å². The number of hydrogen-bond acceptors (Lipinski definition) is 3. The average molecular weight is 333 g/mol. The Morgan fingerprint density at radius 2 is 1.84 bits per heavy atom. The van der Waals surface area contributed by atoms with Crippen molar-refractivity contribution in [3.8, 4) is 0 Å². The van der Waals surface area contributed by atoms with Crippen molar-refractivity contribution in [2.24, 2.45) is 0 Å². The molecule has 0 radical (unpaired) electrons. The van der Waals surface area contributed by atoms with Crippen LogP contribution in [-0.2, 0) is 27.3 Å². The van der Waals surface area contributed by atoms with Gasteiger partial charge >= 0.3 is 5.97 Å². The van der Waals surface area contributed by atoms with Crippen molar-refractivity contribution in [3.05, 3.63) is 82.4 Å². The summed E-state index contributed by atoms with van der Waals surface area (Å²) in [7, 11) is 1.38. The van der Waals surface area contributed by atoms with Gasteiger partial charge in [0.15, 0.2) is 0 Å². The number of ether oxygens (including phenoxy) is 1. The molecular formula is C21H19NO3. The highest BCUT2D eigenvalue weighted by Gasteiger charge is 2.43. The summed E-state index contributed by atoms with van der Waals surface area (Å²) in [6, 6.07) is 17.7. The summed E-state index contributed by atoms with van der Waals surface area (Å²) in [6.07, 6.45) is 0.718. The van der Waals surface area contributed by atoms with Crippen molar-refractivity contribution in [2.75, 3.05) is 13.7 Å². The van der Waals surface area contributed by atoms with E-state index in [0.29, 0.717) is 18.7 Å². The second-order valence-electron chi connectivity index (χ2n) is 6.50. The molecule has 0 saturated heterocycles. The van der Waals surface area contributed by atoms with Crippen LogP contribution in [-0.4, -0.2) is 30.4 Å². The Morgan fingerprint density at radius 1 is 1.12 bits per heavy atom. The topological polar surface area (TPSA) is 46.6 Å². The number of carbonyl (C=O) groups excluding carboxylic acids is 2. The zero-order valence-electron chi connectivity index (χ0n) is 14.1. The Labute approximate surface area is 146 Å². The maximum absolute atomic E-state index is 13.0. The molecule has 0 aromatic heterocycles. The molecule has 1 aliphatic heterocycles. The quantitative estimate of drug-likeness (QED) is 0.812. The van der Waals surface area contributed by atoms with Gasteiger partial charge in [-0.25, -0.2) is 0 Å². The van der Waals surface area contributed by atoms with Gasteiger partial charge in [-0.05, 0) is 28.7 Å². The molecule has 2 aliphatic rings. The van der Waals surface area contributed by atoms with Crippen LogP contribution in [0.1, 0.15) is 22.6 Å². The molecule has 25 heavy (non-hydrogen) atoms. The van der Waals surface area contributed by atoms with Crippen molar-refractivity contribution in [3.63, 3.8) is 0 Å². The second kappa shape index (κ2) is 6.20. The van der Waals surface area contributed by atoms with Crippen LogP contribution in [0.15, 0.2) is 65.7 Å². The van der Waals surface area contributed by atoms with E-state index in [1.54, 1.807) is 0 Å². The molecule has 0 fully saturated rings. The van der Waals surface area contributed by atoms with E-state index < -0.39 is 5.92 Å². The zero-order valence-corrected chi connectivity index (χ0v) is 14.1. The molecule has 0 bridgehead atoms. The van der Waals surface area contributed by atoms with Crippen LogP contribution in [0.3, 0.4) is 0 Å².